The topological polar surface area (TPSA) is 146 Å². The highest BCUT2D eigenvalue weighted by Gasteiger charge is 2.36. The summed E-state index contributed by atoms with van der Waals surface area (Å²) in [5, 5.41) is 17.0. The zero-order valence-electron chi connectivity index (χ0n) is 22.8. The second kappa shape index (κ2) is 12.1. The first kappa shape index (κ1) is 29.5. The molecule has 1 aliphatic heterocycles. The molecule has 5 N–H and O–H groups in total. The number of hydrogen-bond donors (Lipinski definition) is 4. The number of halogens is 3. The molecule has 5 rings (SSSR count). The average Bonchev–Trinajstić information content (AvgIpc) is 3.00. The predicted octanol–water partition coefficient (Wildman–Crippen LogP) is 4.47. The standard InChI is InChI=1S/C30H28F3N7O3/c31-30(32,33)24-6-11-36-16-20(24)17-37-25-15-26(38-18-23(25)27(34)41)39-22-3-1-2-19(14-22)28(42)40-12-7-29(43,8-13-40)21-4-9-35-10-5-21/h1-6,9-11,14-16,18,43H,7-8,12-13,17H2,(H2,34,41)(H2,37,38,39). The summed E-state index contributed by atoms with van der Waals surface area (Å²) < 4.78 is 40.2. The molecule has 0 unspecified atom stereocenters. The molecular weight excluding hydrogens is 563 g/mol. The Labute approximate surface area is 244 Å². The van der Waals surface area contributed by atoms with Gasteiger partial charge in [-0.15, -0.1) is 0 Å². The number of rotatable bonds is 8. The number of piperidine rings is 1. The first-order valence-corrected chi connectivity index (χ1v) is 13.4. The van der Waals surface area contributed by atoms with Crippen molar-refractivity contribution in [3.05, 3.63) is 107 Å². The summed E-state index contributed by atoms with van der Waals surface area (Å²) >= 11 is 0. The minimum atomic E-state index is -4.57. The number of pyridine rings is 3. The van der Waals surface area contributed by atoms with Crippen LogP contribution in [0.4, 0.5) is 30.4 Å². The largest absolute Gasteiger partial charge is 0.416 e. The van der Waals surface area contributed by atoms with E-state index in [-0.39, 0.29) is 35.1 Å². The monoisotopic (exact) mass is 591 g/mol. The Morgan fingerprint density at radius 2 is 1.72 bits per heavy atom. The van der Waals surface area contributed by atoms with E-state index >= 15 is 0 Å². The van der Waals surface area contributed by atoms with Crippen molar-refractivity contribution in [3.8, 4) is 0 Å². The number of amides is 2. The summed E-state index contributed by atoms with van der Waals surface area (Å²) in [5.41, 5.74) is 5.35. The Morgan fingerprint density at radius 1 is 1.00 bits per heavy atom. The molecule has 10 nitrogen and oxygen atoms in total. The van der Waals surface area contributed by atoms with Gasteiger partial charge in [0.2, 0.25) is 0 Å². The lowest BCUT2D eigenvalue weighted by Gasteiger charge is -2.38. The molecule has 4 aromatic rings. The van der Waals surface area contributed by atoms with Crippen molar-refractivity contribution in [1.29, 1.82) is 0 Å². The fraction of sp³-hybridized carbons (Fsp3) is 0.233. The number of hydrogen-bond acceptors (Lipinski definition) is 8. The molecule has 0 saturated carbocycles. The Hall–Kier alpha value is -5.04. The molecule has 0 aliphatic carbocycles. The van der Waals surface area contributed by atoms with E-state index in [4.69, 9.17) is 5.73 Å². The van der Waals surface area contributed by atoms with Crippen LogP contribution in [0.25, 0.3) is 0 Å². The van der Waals surface area contributed by atoms with Crippen LogP contribution in [0.5, 0.6) is 0 Å². The lowest BCUT2D eigenvalue weighted by molar-refractivity contribution is -0.138. The molecule has 0 spiro atoms. The van der Waals surface area contributed by atoms with Gasteiger partial charge < -0.3 is 26.4 Å². The Kier molecular flexibility index (Phi) is 8.26. The van der Waals surface area contributed by atoms with Gasteiger partial charge in [0.1, 0.15) is 5.82 Å². The van der Waals surface area contributed by atoms with Crippen molar-refractivity contribution in [2.24, 2.45) is 5.73 Å². The van der Waals surface area contributed by atoms with Crippen LogP contribution >= 0.6 is 0 Å². The number of benzene rings is 1. The van der Waals surface area contributed by atoms with Gasteiger partial charge >= 0.3 is 6.18 Å². The lowest BCUT2D eigenvalue weighted by Crippen LogP contribution is -2.45. The molecule has 0 bridgehead atoms. The smallest absolute Gasteiger partial charge is 0.385 e. The van der Waals surface area contributed by atoms with E-state index in [0.29, 0.717) is 37.2 Å². The van der Waals surface area contributed by atoms with Crippen molar-refractivity contribution in [1.82, 2.24) is 19.9 Å². The fourth-order valence-corrected chi connectivity index (χ4v) is 4.99. The third-order valence-corrected chi connectivity index (χ3v) is 7.33. The van der Waals surface area contributed by atoms with Crippen LogP contribution in [0.2, 0.25) is 0 Å². The summed E-state index contributed by atoms with van der Waals surface area (Å²) in [7, 11) is 0. The maximum atomic E-state index is 13.4. The van der Waals surface area contributed by atoms with E-state index in [1.165, 1.54) is 12.3 Å². The van der Waals surface area contributed by atoms with Crippen LogP contribution in [0, 0.1) is 0 Å². The van der Waals surface area contributed by atoms with Crippen molar-refractivity contribution in [2.75, 3.05) is 23.7 Å². The van der Waals surface area contributed by atoms with Gasteiger partial charge in [-0.05, 0) is 54.8 Å². The highest BCUT2D eigenvalue weighted by molar-refractivity contribution is 5.99. The number of alkyl halides is 3. The highest BCUT2D eigenvalue weighted by atomic mass is 19.4. The minimum absolute atomic E-state index is 0.0104. The molecule has 222 valence electrons. The Morgan fingerprint density at radius 3 is 2.42 bits per heavy atom. The molecule has 43 heavy (non-hydrogen) atoms. The second-order valence-electron chi connectivity index (χ2n) is 10.1. The number of likely N-dealkylation sites (tertiary alicyclic amines) is 1. The summed E-state index contributed by atoms with van der Waals surface area (Å²) in [6, 6.07) is 12.6. The number of aliphatic hydroxyl groups is 1. The quantitative estimate of drug-likeness (QED) is 0.235. The zero-order chi connectivity index (χ0) is 30.6. The molecule has 1 fully saturated rings. The first-order valence-electron chi connectivity index (χ1n) is 13.4. The van der Waals surface area contributed by atoms with Gasteiger partial charge in [0.05, 0.1) is 22.4 Å². The average molecular weight is 592 g/mol. The van der Waals surface area contributed by atoms with E-state index in [9.17, 15) is 27.9 Å². The number of carbonyl (C=O) groups excluding carboxylic acids is 2. The van der Waals surface area contributed by atoms with Crippen LogP contribution < -0.4 is 16.4 Å². The number of carbonyl (C=O) groups is 2. The summed E-state index contributed by atoms with van der Waals surface area (Å²) in [6.45, 7) is 0.462. The van der Waals surface area contributed by atoms with E-state index in [1.54, 1.807) is 53.7 Å². The van der Waals surface area contributed by atoms with Crippen molar-refractivity contribution >= 4 is 29.0 Å². The maximum absolute atomic E-state index is 13.4. The normalized spacial score (nSPS) is 14.7. The first-order chi connectivity index (χ1) is 20.5. The number of primary amides is 1. The fourth-order valence-electron chi connectivity index (χ4n) is 4.99. The van der Waals surface area contributed by atoms with Gasteiger partial charge in [0, 0.05) is 73.5 Å². The molecule has 2 amide bonds. The van der Waals surface area contributed by atoms with Crippen molar-refractivity contribution in [2.45, 2.75) is 31.2 Å². The van der Waals surface area contributed by atoms with Gasteiger partial charge in [0.15, 0.2) is 0 Å². The van der Waals surface area contributed by atoms with Gasteiger partial charge in [-0.3, -0.25) is 19.6 Å². The summed E-state index contributed by atoms with van der Waals surface area (Å²) in [6.07, 6.45) is 2.83. The van der Waals surface area contributed by atoms with Gasteiger partial charge in [-0.1, -0.05) is 6.07 Å². The van der Waals surface area contributed by atoms with Crippen molar-refractivity contribution < 1.29 is 27.9 Å². The van der Waals surface area contributed by atoms with Crippen LogP contribution in [-0.2, 0) is 18.3 Å². The molecule has 0 radical (unpaired) electrons. The Balaban J connectivity index is 1.29. The van der Waals surface area contributed by atoms with Gasteiger partial charge in [-0.25, -0.2) is 4.98 Å². The zero-order valence-corrected chi connectivity index (χ0v) is 22.8. The predicted molar refractivity (Wildman–Crippen MR) is 152 cm³/mol. The van der Waals surface area contributed by atoms with E-state index in [0.717, 1.165) is 24.0 Å². The number of nitrogens with one attached hydrogen (secondary N) is 2. The molecule has 1 aliphatic rings. The number of nitrogens with two attached hydrogens (primary N) is 1. The number of aromatic nitrogens is 3. The van der Waals surface area contributed by atoms with Crippen LogP contribution in [0.1, 0.15) is 50.2 Å². The maximum Gasteiger partial charge on any atom is 0.416 e. The molecule has 3 aromatic heterocycles. The lowest BCUT2D eigenvalue weighted by atomic mass is 9.85. The van der Waals surface area contributed by atoms with E-state index in [1.807, 2.05) is 0 Å². The SMILES string of the molecule is NC(=O)c1cnc(Nc2cccc(C(=O)N3CCC(O)(c4ccncc4)CC3)c2)cc1NCc1cnccc1C(F)(F)F. The molecule has 1 saturated heterocycles. The molecule has 4 heterocycles. The van der Waals surface area contributed by atoms with Crippen molar-refractivity contribution in [3.63, 3.8) is 0 Å². The number of anilines is 3. The third kappa shape index (κ3) is 6.72. The second-order valence-corrected chi connectivity index (χ2v) is 10.1. The van der Waals surface area contributed by atoms with Crippen LogP contribution in [0.3, 0.4) is 0 Å². The third-order valence-electron chi connectivity index (χ3n) is 7.33. The van der Waals surface area contributed by atoms with E-state index < -0.39 is 23.2 Å². The van der Waals surface area contributed by atoms with Gasteiger partial charge in [-0.2, -0.15) is 13.2 Å². The molecule has 0 atom stereocenters. The molecule has 1 aromatic carbocycles. The minimum Gasteiger partial charge on any atom is -0.385 e. The molecule has 13 heteroatoms. The molecular formula is C30H28F3N7O3. The summed E-state index contributed by atoms with van der Waals surface area (Å²) in [4.78, 5) is 38.9. The van der Waals surface area contributed by atoms with E-state index in [2.05, 4.69) is 25.6 Å². The van der Waals surface area contributed by atoms with Gasteiger partial charge in [0.25, 0.3) is 11.8 Å². The Bertz CT molecular complexity index is 1630. The number of nitrogens with zero attached hydrogens (tertiary/aromatic N) is 4. The van der Waals surface area contributed by atoms with Crippen LogP contribution in [0.15, 0.2) is 79.5 Å². The highest BCUT2D eigenvalue weighted by Crippen LogP contribution is 2.34. The summed E-state index contributed by atoms with van der Waals surface area (Å²) in [5.74, 6) is -0.745. The van der Waals surface area contributed by atoms with Crippen LogP contribution in [-0.4, -0.2) is 49.9 Å².